The zero-order valence-corrected chi connectivity index (χ0v) is 10.1. The van der Waals surface area contributed by atoms with Crippen molar-refractivity contribution in [1.29, 1.82) is 0 Å². The Bertz CT molecular complexity index is 647. The molecule has 2 heteroatoms. The van der Waals surface area contributed by atoms with E-state index in [9.17, 15) is 0 Å². The lowest BCUT2D eigenvalue weighted by molar-refractivity contribution is 1.09. The summed E-state index contributed by atoms with van der Waals surface area (Å²) in [5.41, 5.74) is 4.33. The van der Waals surface area contributed by atoms with E-state index in [0.717, 1.165) is 34.4 Å². The maximum absolute atomic E-state index is 4.56. The van der Waals surface area contributed by atoms with E-state index in [2.05, 4.69) is 28.7 Å². The minimum atomic E-state index is 0.749. The molecule has 0 saturated carbocycles. The molecule has 0 aliphatic carbocycles. The number of nitrogens with one attached hydrogen (secondary N) is 1. The molecular weight excluding hydrogens is 220 g/mol. The average Bonchev–Trinajstić information content (AvgIpc) is 2.82. The van der Waals surface area contributed by atoms with Crippen LogP contribution in [0.3, 0.4) is 0 Å². The molecule has 0 saturated heterocycles. The monoisotopic (exact) mass is 234 g/mol. The van der Waals surface area contributed by atoms with Crippen molar-refractivity contribution in [3.8, 4) is 0 Å². The van der Waals surface area contributed by atoms with Crippen molar-refractivity contribution < 1.29 is 0 Å². The number of fused-ring (bicyclic) bond motifs is 1. The summed E-state index contributed by atoms with van der Waals surface area (Å²) < 4.78 is 0. The van der Waals surface area contributed by atoms with Crippen LogP contribution in [0.5, 0.6) is 0 Å². The zero-order chi connectivity index (χ0) is 12.4. The number of rotatable bonds is 3. The smallest absolute Gasteiger partial charge is 0.111 e. The lowest BCUT2D eigenvalue weighted by atomic mass is 10.0. The second-order valence-electron chi connectivity index (χ2n) is 4.35. The molecule has 0 bridgehead atoms. The van der Waals surface area contributed by atoms with Crippen molar-refractivity contribution in [3.05, 3.63) is 72.6 Å². The van der Waals surface area contributed by atoms with Crippen molar-refractivity contribution >= 4 is 16.6 Å². The van der Waals surface area contributed by atoms with E-state index < -0.39 is 0 Å². The summed E-state index contributed by atoms with van der Waals surface area (Å²) in [5, 5.41) is 0. The maximum atomic E-state index is 4.56. The number of allylic oxidation sites excluding steroid dienone is 1. The molecule has 0 atom stereocenters. The number of hydrogen-bond acceptors (Lipinski definition) is 1. The van der Waals surface area contributed by atoms with Crippen LogP contribution in [-0.4, -0.2) is 9.97 Å². The Morgan fingerprint density at radius 2 is 1.72 bits per heavy atom. The number of hydrogen-bond donors (Lipinski definition) is 1. The van der Waals surface area contributed by atoms with E-state index in [-0.39, 0.29) is 0 Å². The summed E-state index contributed by atoms with van der Waals surface area (Å²) in [7, 11) is 0. The first kappa shape index (κ1) is 10.8. The Hall–Kier alpha value is -2.35. The molecule has 0 fully saturated rings. The summed E-state index contributed by atoms with van der Waals surface area (Å²) in [6.07, 6.45) is 0.749. The quantitative estimate of drug-likeness (QED) is 0.733. The van der Waals surface area contributed by atoms with E-state index in [1.807, 2.05) is 42.5 Å². The Morgan fingerprint density at radius 1 is 1.00 bits per heavy atom. The third-order valence-corrected chi connectivity index (χ3v) is 3.00. The molecule has 0 aliphatic rings. The van der Waals surface area contributed by atoms with Gasteiger partial charge in [-0.3, -0.25) is 0 Å². The van der Waals surface area contributed by atoms with Gasteiger partial charge in [0, 0.05) is 6.42 Å². The van der Waals surface area contributed by atoms with Crippen LogP contribution in [0.2, 0.25) is 0 Å². The number of nitrogens with zero attached hydrogens (tertiary/aromatic N) is 1. The first-order chi connectivity index (χ1) is 8.83. The Morgan fingerprint density at radius 3 is 2.50 bits per heavy atom. The largest absolute Gasteiger partial charge is 0.342 e. The molecule has 18 heavy (non-hydrogen) atoms. The van der Waals surface area contributed by atoms with E-state index in [1.165, 1.54) is 0 Å². The molecule has 0 unspecified atom stereocenters. The normalized spacial score (nSPS) is 10.7. The van der Waals surface area contributed by atoms with Gasteiger partial charge in [-0.25, -0.2) is 4.98 Å². The third kappa shape index (κ3) is 2.05. The van der Waals surface area contributed by atoms with Crippen LogP contribution in [0.15, 0.2) is 61.2 Å². The number of H-pyrrole nitrogens is 1. The van der Waals surface area contributed by atoms with Crippen molar-refractivity contribution in [2.75, 3.05) is 0 Å². The Balaban J connectivity index is 1.86. The Labute approximate surface area is 106 Å². The van der Waals surface area contributed by atoms with Crippen molar-refractivity contribution in [1.82, 2.24) is 9.97 Å². The van der Waals surface area contributed by atoms with Crippen LogP contribution in [0.4, 0.5) is 0 Å². The third-order valence-electron chi connectivity index (χ3n) is 3.00. The molecule has 3 aromatic rings. The van der Waals surface area contributed by atoms with Gasteiger partial charge in [0.05, 0.1) is 11.0 Å². The second-order valence-corrected chi connectivity index (χ2v) is 4.35. The molecule has 88 valence electrons. The van der Waals surface area contributed by atoms with Crippen molar-refractivity contribution in [3.63, 3.8) is 0 Å². The fourth-order valence-corrected chi connectivity index (χ4v) is 2.07. The van der Waals surface area contributed by atoms with Crippen molar-refractivity contribution in [2.45, 2.75) is 6.42 Å². The SMILES string of the molecule is C=C(Cc1nc2ccccc2[nH]1)c1ccccc1. The molecular formula is C16H14N2. The minimum Gasteiger partial charge on any atom is -0.342 e. The number of para-hydroxylation sites is 2. The highest BCUT2D eigenvalue weighted by Gasteiger charge is 2.05. The van der Waals surface area contributed by atoms with Crippen LogP contribution in [0.1, 0.15) is 11.4 Å². The van der Waals surface area contributed by atoms with E-state index in [4.69, 9.17) is 0 Å². The molecule has 0 radical (unpaired) electrons. The van der Waals surface area contributed by atoms with Gasteiger partial charge in [0.2, 0.25) is 0 Å². The van der Waals surface area contributed by atoms with Gasteiger partial charge in [-0.05, 0) is 23.3 Å². The predicted octanol–water partition coefficient (Wildman–Crippen LogP) is 3.82. The molecule has 0 amide bonds. The van der Waals surface area contributed by atoms with E-state index >= 15 is 0 Å². The first-order valence-electron chi connectivity index (χ1n) is 6.00. The van der Waals surface area contributed by atoms with Gasteiger partial charge in [0.1, 0.15) is 5.82 Å². The predicted molar refractivity (Wildman–Crippen MR) is 75.3 cm³/mol. The number of aromatic nitrogens is 2. The van der Waals surface area contributed by atoms with Crippen LogP contribution in [0, 0.1) is 0 Å². The van der Waals surface area contributed by atoms with Gasteiger partial charge < -0.3 is 4.98 Å². The van der Waals surface area contributed by atoms with Gasteiger partial charge in [0.25, 0.3) is 0 Å². The minimum absolute atomic E-state index is 0.749. The first-order valence-corrected chi connectivity index (χ1v) is 6.00. The fraction of sp³-hybridized carbons (Fsp3) is 0.0625. The molecule has 1 heterocycles. The average molecular weight is 234 g/mol. The number of benzene rings is 2. The molecule has 1 N–H and O–H groups in total. The molecule has 3 rings (SSSR count). The summed E-state index contributed by atoms with van der Waals surface area (Å²) in [6, 6.07) is 18.3. The standard InChI is InChI=1S/C16H14N2/c1-12(13-7-3-2-4-8-13)11-16-17-14-9-5-6-10-15(14)18-16/h2-10H,1,11H2,(H,17,18). The topological polar surface area (TPSA) is 28.7 Å². The van der Waals surface area contributed by atoms with Gasteiger partial charge in [-0.2, -0.15) is 0 Å². The van der Waals surface area contributed by atoms with E-state index in [0.29, 0.717) is 0 Å². The lowest BCUT2D eigenvalue weighted by Crippen LogP contribution is -1.91. The Kier molecular flexibility index (Phi) is 2.69. The maximum Gasteiger partial charge on any atom is 0.111 e. The summed E-state index contributed by atoms with van der Waals surface area (Å²) >= 11 is 0. The van der Waals surface area contributed by atoms with Crippen LogP contribution in [0.25, 0.3) is 16.6 Å². The molecule has 2 aromatic carbocycles. The van der Waals surface area contributed by atoms with Gasteiger partial charge in [-0.15, -0.1) is 0 Å². The fourth-order valence-electron chi connectivity index (χ4n) is 2.07. The molecule has 2 nitrogen and oxygen atoms in total. The molecule has 1 aromatic heterocycles. The van der Waals surface area contributed by atoms with Crippen LogP contribution >= 0.6 is 0 Å². The van der Waals surface area contributed by atoms with Crippen molar-refractivity contribution in [2.24, 2.45) is 0 Å². The van der Waals surface area contributed by atoms with Crippen LogP contribution in [-0.2, 0) is 6.42 Å². The summed E-state index contributed by atoms with van der Waals surface area (Å²) in [6.45, 7) is 4.13. The molecule has 0 spiro atoms. The highest BCUT2D eigenvalue weighted by Crippen LogP contribution is 2.18. The van der Waals surface area contributed by atoms with Gasteiger partial charge >= 0.3 is 0 Å². The highest BCUT2D eigenvalue weighted by molar-refractivity contribution is 5.75. The van der Waals surface area contributed by atoms with E-state index in [1.54, 1.807) is 0 Å². The second kappa shape index (κ2) is 4.49. The number of aromatic amines is 1. The zero-order valence-electron chi connectivity index (χ0n) is 10.1. The number of imidazole rings is 1. The van der Waals surface area contributed by atoms with Gasteiger partial charge in [-0.1, -0.05) is 49.0 Å². The lowest BCUT2D eigenvalue weighted by Gasteiger charge is -2.02. The summed E-state index contributed by atoms with van der Waals surface area (Å²) in [4.78, 5) is 7.89. The highest BCUT2D eigenvalue weighted by atomic mass is 14.9. The van der Waals surface area contributed by atoms with Gasteiger partial charge in [0.15, 0.2) is 0 Å². The molecule has 0 aliphatic heterocycles. The summed E-state index contributed by atoms with van der Waals surface area (Å²) in [5.74, 6) is 0.963. The van der Waals surface area contributed by atoms with Crippen LogP contribution < -0.4 is 0 Å².